The third-order valence-electron chi connectivity index (χ3n) is 4.23. The number of hydrogen-bond donors (Lipinski definition) is 3. The molecule has 1 aromatic heterocycles. The first-order valence-electron chi connectivity index (χ1n) is 9.24. The Morgan fingerprint density at radius 2 is 2.04 bits per heavy atom. The summed E-state index contributed by atoms with van der Waals surface area (Å²) in [6.45, 7) is 6.93. The zero-order chi connectivity index (χ0) is 18.8. The highest BCUT2D eigenvalue weighted by Crippen LogP contribution is 2.28. The molecule has 2 heterocycles. The Balaban J connectivity index is 0.00000364. The minimum atomic E-state index is -3.12. The Morgan fingerprint density at radius 3 is 2.63 bits per heavy atom. The van der Waals surface area contributed by atoms with E-state index in [0.29, 0.717) is 25.6 Å². The van der Waals surface area contributed by atoms with E-state index in [1.54, 1.807) is 11.3 Å². The molecular weight excluding hydrogens is 497 g/mol. The summed E-state index contributed by atoms with van der Waals surface area (Å²) in [5, 5.41) is 8.68. The first-order chi connectivity index (χ1) is 12.5. The van der Waals surface area contributed by atoms with Crippen molar-refractivity contribution in [3.8, 4) is 0 Å². The normalized spacial score (nSPS) is 16.7. The molecule has 0 radical (unpaired) electrons. The highest BCUT2D eigenvalue weighted by Gasteiger charge is 2.24. The molecule has 1 saturated heterocycles. The zero-order valence-electron chi connectivity index (χ0n) is 16.1. The van der Waals surface area contributed by atoms with Crippen LogP contribution in [0.2, 0.25) is 0 Å². The number of rotatable bonds is 10. The van der Waals surface area contributed by atoms with Crippen molar-refractivity contribution in [3.05, 3.63) is 22.4 Å². The summed E-state index contributed by atoms with van der Waals surface area (Å²) in [5.74, 6) is 0.785. The quantitative estimate of drug-likeness (QED) is 0.187. The summed E-state index contributed by atoms with van der Waals surface area (Å²) in [6.07, 6.45) is 4.40. The van der Waals surface area contributed by atoms with Crippen molar-refractivity contribution in [2.75, 3.05) is 45.5 Å². The fourth-order valence-electron chi connectivity index (χ4n) is 2.99. The van der Waals surface area contributed by atoms with Crippen molar-refractivity contribution in [2.45, 2.75) is 32.2 Å². The van der Waals surface area contributed by atoms with Gasteiger partial charge in [0.25, 0.3) is 0 Å². The molecule has 1 aromatic rings. The smallest absolute Gasteiger partial charge is 0.208 e. The molecule has 1 atom stereocenters. The maximum Gasteiger partial charge on any atom is 0.208 e. The van der Waals surface area contributed by atoms with Crippen molar-refractivity contribution in [3.63, 3.8) is 0 Å². The van der Waals surface area contributed by atoms with Crippen molar-refractivity contribution in [1.82, 2.24) is 20.3 Å². The highest BCUT2D eigenvalue weighted by molar-refractivity contribution is 14.0. The second-order valence-electron chi connectivity index (χ2n) is 6.44. The standard InChI is InChI=1S/C17H31N5O2S2.HI/c1-3-18-17(19-9-7-10-21-26(2,23)24)20-14-15(16-8-6-13-25-16)22-11-4-5-12-22;/h6,8,13,15,21H,3-5,7,9-12,14H2,1-2H3,(H2,18,19,20);1H. The summed E-state index contributed by atoms with van der Waals surface area (Å²) in [7, 11) is -3.12. The Kier molecular flexibility index (Phi) is 11.8. The Hall–Kier alpha value is -0.430. The molecule has 0 saturated carbocycles. The van der Waals surface area contributed by atoms with Crippen LogP contribution < -0.4 is 15.4 Å². The molecule has 1 aliphatic heterocycles. The summed E-state index contributed by atoms with van der Waals surface area (Å²) in [5.41, 5.74) is 0. The van der Waals surface area contributed by atoms with E-state index < -0.39 is 10.0 Å². The third kappa shape index (κ3) is 9.55. The van der Waals surface area contributed by atoms with Gasteiger partial charge in [-0.15, -0.1) is 35.3 Å². The van der Waals surface area contributed by atoms with Gasteiger partial charge >= 0.3 is 0 Å². The number of guanidine groups is 1. The van der Waals surface area contributed by atoms with Crippen LogP contribution in [0.15, 0.2) is 22.5 Å². The van der Waals surface area contributed by atoms with Crippen LogP contribution in [0.5, 0.6) is 0 Å². The molecule has 1 aliphatic rings. The average molecular weight is 530 g/mol. The maximum atomic E-state index is 11.1. The molecule has 0 aromatic carbocycles. The lowest BCUT2D eigenvalue weighted by molar-refractivity contribution is 0.255. The fourth-order valence-corrected chi connectivity index (χ4v) is 4.36. The predicted molar refractivity (Wildman–Crippen MR) is 125 cm³/mol. The van der Waals surface area contributed by atoms with Crippen molar-refractivity contribution in [1.29, 1.82) is 0 Å². The van der Waals surface area contributed by atoms with Crippen LogP contribution in [0.25, 0.3) is 0 Å². The Bertz CT molecular complexity index is 646. The number of aliphatic imine (C=N–C) groups is 1. The van der Waals surface area contributed by atoms with E-state index in [1.165, 1.54) is 24.0 Å². The molecule has 0 spiro atoms. The number of sulfonamides is 1. The number of hydrogen-bond acceptors (Lipinski definition) is 5. The van der Waals surface area contributed by atoms with E-state index in [-0.39, 0.29) is 24.0 Å². The minimum absolute atomic E-state index is 0. The van der Waals surface area contributed by atoms with E-state index in [1.807, 2.05) is 6.92 Å². The average Bonchev–Trinajstić information content (AvgIpc) is 3.27. The molecule has 156 valence electrons. The maximum absolute atomic E-state index is 11.1. The van der Waals surface area contributed by atoms with E-state index in [2.05, 4.69) is 37.8 Å². The molecule has 0 aliphatic carbocycles. The van der Waals surface area contributed by atoms with Crippen LogP contribution in [0.4, 0.5) is 0 Å². The van der Waals surface area contributed by atoms with Gasteiger partial charge in [-0.05, 0) is 50.7 Å². The van der Waals surface area contributed by atoms with Crippen LogP contribution in [-0.2, 0) is 10.0 Å². The molecule has 3 N–H and O–H groups in total. The lowest BCUT2D eigenvalue weighted by atomic mass is 10.2. The van der Waals surface area contributed by atoms with Gasteiger partial charge in [-0.2, -0.15) is 0 Å². The first kappa shape index (κ1) is 24.6. The van der Waals surface area contributed by atoms with E-state index in [4.69, 9.17) is 4.99 Å². The Morgan fingerprint density at radius 1 is 1.30 bits per heavy atom. The highest BCUT2D eigenvalue weighted by atomic mass is 127. The molecule has 27 heavy (non-hydrogen) atoms. The molecule has 10 heteroatoms. The van der Waals surface area contributed by atoms with Crippen LogP contribution in [0.3, 0.4) is 0 Å². The summed E-state index contributed by atoms with van der Waals surface area (Å²) < 4.78 is 24.7. The minimum Gasteiger partial charge on any atom is -0.357 e. The van der Waals surface area contributed by atoms with E-state index >= 15 is 0 Å². The zero-order valence-corrected chi connectivity index (χ0v) is 20.1. The van der Waals surface area contributed by atoms with Gasteiger partial charge in [0.1, 0.15) is 0 Å². The van der Waals surface area contributed by atoms with Gasteiger partial charge in [0.05, 0.1) is 18.8 Å². The van der Waals surface area contributed by atoms with Gasteiger partial charge in [-0.1, -0.05) is 6.07 Å². The summed E-state index contributed by atoms with van der Waals surface area (Å²) >= 11 is 1.79. The number of thiophene rings is 1. The second kappa shape index (κ2) is 12.9. The van der Waals surface area contributed by atoms with Gasteiger partial charge in [0.2, 0.25) is 10.0 Å². The second-order valence-corrected chi connectivity index (χ2v) is 9.25. The molecular formula is C17H32IN5O2S2. The number of nitrogens with one attached hydrogen (secondary N) is 3. The van der Waals surface area contributed by atoms with Gasteiger partial charge in [0.15, 0.2) is 5.96 Å². The molecule has 0 bridgehead atoms. The number of likely N-dealkylation sites (tertiary alicyclic amines) is 1. The van der Waals surface area contributed by atoms with Crippen molar-refractivity contribution >= 4 is 51.3 Å². The SMILES string of the molecule is CCNC(=NCC(c1cccs1)N1CCCC1)NCCCNS(C)(=O)=O.I. The van der Waals surface area contributed by atoms with Gasteiger partial charge < -0.3 is 10.6 Å². The van der Waals surface area contributed by atoms with E-state index in [0.717, 1.165) is 32.1 Å². The van der Waals surface area contributed by atoms with Crippen LogP contribution >= 0.6 is 35.3 Å². The molecule has 7 nitrogen and oxygen atoms in total. The van der Waals surface area contributed by atoms with E-state index in [9.17, 15) is 8.42 Å². The number of halogens is 1. The first-order valence-corrected chi connectivity index (χ1v) is 12.0. The summed E-state index contributed by atoms with van der Waals surface area (Å²) in [6, 6.07) is 4.63. The largest absolute Gasteiger partial charge is 0.357 e. The number of nitrogens with zero attached hydrogens (tertiary/aromatic N) is 2. The third-order valence-corrected chi connectivity index (χ3v) is 5.93. The predicted octanol–water partition coefficient (Wildman–Crippen LogP) is 2.00. The fraction of sp³-hybridized carbons (Fsp3) is 0.706. The topological polar surface area (TPSA) is 85.8 Å². The lowest BCUT2D eigenvalue weighted by Gasteiger charge is -2.25. The van der Waals surface area contributed by atoms with Gasteiger partial charge in [-0.25, -0.2) is 13.1 Å². The monoisotopic (exact) mass is 529 g/mol. The Labute approximate surface area is 184 Å². The molecule has 0 amide bonds. The van der Waals surface area contributed by atoms with Gasteiger partial charge in [-0.3, -0.25) is 9.89 Å². The lowest BCUT2D eigenvalue weighted by Crippen LogP contribution is -2.39. The molecule has 1 fully saturated rings. The molecule has 1 unspecified atom stereocenters. The van der Waals surface area contributed by atoms with Crippen molar-refractivity contribution in [2.24, 2.45) is 4.99 Å². The summed E-state index contributed by atoms with van der Waals surface area (Å²) in [4.78, 5) is 8.67. The van der Waals surface area contributed by atoms with Crippen LogP contribution in [-0.4, -0.2) is 64.8 Å². The van der Waals surface area contributed by atoms with Crippen molar-refractivity contribution < 1.29 is 8.42 Å². The van der Waals surface area contributed by atoms with Gasteiger partial charge in [0, 0.05) is 24.5 Å². The molecule has 2 rings (SSSR count). The van der Waals surface area contributed by atoms with Crippen LogP contribution in [0, 0.1) is 0 Å². The van der Waals surface area contributed by atoms with Crippen LogP contribution in [0.1, 0.15) is 37.1 Å².